The van der Waals surface area contributed by atoms with Crippen LogP contribution >= 0.6 is 15.9 Å². The smallest absolute Gasteiger partial charge is 0.167 e. The Bertz CT molecular complexity index is 418. The quantitative estimate of drug-likeness (QED) is 0.779. The molecule has 1 aromatic carbocycles. The summed E-state index contributed by atoms with van der Waals surface area (Å²) in [6.45, 7) is 0. The van der Waals surface area contributed by atoms with Crippen LogP contribution in [0.5, 0.6) is 5.75 Å². The Morgan fingerprint density at radius 1 is 1.24 bits per heavy atom. The van der Waals surface area contributed by atoms with Crippen LogP contribution in [0.3, 0.4) is 0 Å². The number of aromatic hydroxyl groups is 1. The van der Waals surface area contributed by atoms with Gasteiger partial charge in [-0.3, -0.25) is 0 Å². The Morgan fingerprint density at radius 2 is 1.82 bits per heavy atom. The Kier molecular flexibility index (Phi) is 3.41. The molecule has 5 heteroatoms. The van der Waals surface area contributed by atoms with E-state index < -0.39 is 17.2 Å². The standard InChI is InChI=1S/C12H14BrF2NO/c13-7-6-8(14)10(15)9(11(7)17)12(16)4-2-1-3-5-12/h6,17H,1-5,16H2. The fraction of sp³-hybridized carbons (Fsp3) is 0.500. The van der Waals surface area contributed by atoms with Crippen LogP contribution in [-0.4, -0.2) is 5.11 Å². The summed E-state index contributed by atoms with van der Waals surface area (Å²) >= 11 is 3.01. The molecule has 0 amide bonds. The van der Waals surface area contributed by atoms with Crippen molar-refractivity contribution in [2.75, 3.05) is 0 Å². The monoisotopic (exact) mass is 305 g/mol. The molecule has 1 saturated carbocycles. The predicted molar refractivity (Wildman–Crippen MR) is 64.7 cm³/mol. The van der Waals surface area contributed by atoms with Gasteiger partial charge in [-0.2, -0.15) is 0 Å². The van der Waals surface area contributed by atoms with E-state index in [1.807, 2.05) is 0 Å². The second kappa shape index (κ2) is 4.53. The molecule has 2 rings (SSSR count). The summed E-state index contributed by atoms with van der Waals surface area (Å²) in [5.41, 5.74) is 5.08. The number of hydrogen-bond donors (Lipinski definition) is 2. The van der Waals surface area contributed by atoms with Crippen molar-refractivity contribution in [3.63, 3.8) is 0 Å². The molecule has 0 unspecified atom stereocenters. The number of benzene rings is 1. The summed E-state index contributed by atoms with van der Waals surface area (Å²) in [6, 6.07) is 0.917. The van der Waals surface area contributed by atoms with Gasteiger partial charge in [0, 0.05) is 5.54 Å². The molecular formula is C12H14BrF2NO. The number of rotatable bonds is 1. The molecule has 2 nitrogen and oxygen atoms in total. The van der Waals surface area contributed by atoms with E-state index in [2.05, 4.69) is 15.9 Å². The predicted octanol–water partition coefficient (Wildman–Crippen LogP) is 3.55. The molecule has 1 aliphatic rings. The Labute approximate surface area is 107 Å². The molecule has 3 N–H and O–H groups in total. The highest BCUT2D eigenvalue weighted by Gasteiger charge is 2.36. The van der Waals surface area contributed by atoms with Gasteiger partial charge in [0.15, 0.2) is 11.6 Å². The summed E-state index contributed by atoms with van der Waals surface area (Å²) in [5, 5.41) is 9.89. The molecule has 94 valence electrons. The third-order valence-corrected chi connectivity index (χ3v) is 3.99. The van der Waals surface area contributed by atoms with Crippen LogP contribution < -0.4 is 5.73 Å². The van der Waals surface area contributed by atoms with E-state index in [9.17, 15) is 13.9 Å². The topological polar surface area (TPSA) is 46.2 Å². The lowest BCUT2D eigenvalue weighted by molar-refractivity contribution is 0.277. The van der Waals surface area contributed by atoms with Gasteiger partial charge in [0.1, 0.15) is 5.75 Å². The third kappa shape index (κ3) is 2.18. The first-order chi connectivity index (χ1) is 7.96. The van der Waals surface area contributed by atoms with Crippen molar-refractivity contribution in [2.24, 2.45) is 5.73 Å². The lowest BCUT2D eigenvalue weighted by atomic mass is 9.77. The van der Waals surface area contributed by atoms with E-state index in [0.717, 1.165) is 25.3 Å². The zero-order chi connectivity index (χ0) is 12.6. The molecule has 0 aromatic heterocycles. The minimum atomic E-state index is -1.03. The van der Waals surface area contributed by atoms with Crippen molar-refractivity contribution < 1.29 is 13.9 Å². The van der Waals surface area contributed by atoms with Gasteiger partial charge in [0.25, 0.3) is 0 Å². The summed E-state index contributed by atoms with van der Waals surface area (Å²) in [4.78, 5) is 0. The summed E-state index contributed by atoms with van der Waals surface area (Å²) < 4.78 is 27.4. The van der Waals surface area contributed by atoms with Crippen molar-refractivity contribution in [3.05, 3.63) is 27.7 Å². The molecule has 0 bridgehead atoms. The SMILES string of the molecule is NC1(c2c(O)c(Br)cc(F)c2F)CCCCC1. The molecule has 17 heavy (non-hydrogen) atoms. The molecule has 0 aliphatic heterocycles. The van der Waals surface area contributed by atoms with Crippen molar-refractivity contribution in [1.82, 2.24) is 0 Å². The third-order valence-electron chi connectivity index (χ3n) is 3.39. The first-order valence-corrected chi connectivity index (χ1v) is 6.41. The largest absolute Gasteiger partial charge is 0.506 e. The second-order valence-corrected chi connectivity index (χ2v) is 5.45. The van der Waals surface area contributed by atoms with Crippen molar-refractivity contribution in [1.29, 1.82) is 0 Å². The molecule has 0 heterocycles. The van der Waals surface area contributed by atoms with Crippen LogP contribution in [0.15, 0.2) is 10.5 Å². The highest BCUT2D eigenvalue weighted by Crippen LogP contribution is 2.43. The number of hydrogen-bond acceptors (Lipinski definition) is 2. The fourth-order valence-corrected chi connectivity index (χ4v) is 2.87. The Hall–Kier alpha value is -0.680. The van der Waals surface area contributed by atoms with Gasteiger partial charge in [0.2, 0.25) is 0 Å². The van der Waals surface area contributed by atoms with Crippen molar-refractivity contribution in [3.8, 4) is 5.75 Å². The van der Waals surface area contributed by atoms with E-state index in [-0.39, 0.29) is 15.8 Å². The molecule has 1 fully saturated rings. The van der Waals surface area contributed by atoms with E-state index in [1.54, 1.807) is 0 Å². The molecular weight excluding hydrogens is 292 g/mol. The highest BCUT2D eigenvalue weighted by atomic mass is 79.9. The zero-order valence-corrected chi connectivity index (χ0v) is 10.9. The van der Waals surface area contributed by atoms with Crippen LogP contribution in [0, 0.1) is 11.6 Å². The molecule has 0 radical (unpaired) electrons. The van der Waals surface area contributed by atoms with E-state index in [1.165, 1.54) is 0 Å². The summed E-state index contributed by atoms with van der Waals surface area (Å²) in [7, 11) is 0. The van der Waals surface area contributed by atoms with Crippen molar-refractivity contribution >= 4 is 15.9 Å². The van der Waals surface area contributed by atoms with Gasteiger partial charge in [-0.05, 0) is 34.8 Å². The first-order valence-electron chi connectivity index (χ1n) is 5.61. The van der Waals surface area contributed by atoms with Gasteiger partial charge in [-0.25, -0.2) is 8.78 Å². The van der Waals surface area contributed by atoms with Crippen LogP contribution in [0.2, 0.25) is 0 Å². The number of nitrogens with two attached hydrogens (primary N) is 1. The van der Waals surface area contributed by atoms with Crippen LogP contribution in [0.25, 0.3) is 0 Å². The molecule has 1 aromatic rings. The Morgan fingerprint density at radius 3 is 2.41 bits per heavy atom. The van der Waals surface area contributed by atoms with Gasteiger partial charge in [0.05, 0.1) is 10.0 Å². The Balaban J connectivity index is 2.57. The van der Waals surface area contributed by atoms with Crippen molar-refractivity contribution in [2.45, 2.75) is 37.6 Å². The molecule has 0 saturated heterocycles. The lowest BCUT2D eigenvalue weighted by Crippen LogP contribution is -2.39. The normalized spacial score (nSPS) is 19.3. The van der Waals surface area contributed by atoms with E-state index >= 15 is 0 Å². The zero-order valence-electron chi connectivity index (χ0n) is 9.27. The lowest BCUT2D eigenvalue weighted by Gasteiger charge is -2.34. The van der Waals surface area contributed by atoms with Gasteiger partial charge in [-0.1, -0.05) is 19.3 Å². The highest BCUT2D eigenvalue weighted by molar-refractivity contribution is 9.10. The summed E-state index contributed by atoms with van der Waals surface area (Å²) in [5.74, 6) is -2.30. The average molecular weight is 306 g/mol. The van der Waals surface area contributed by atoms with Gasteiger partial charge < -0.3 is 10.8 Å². The number of halogens is 3. The first kappa shape index (κ1) is 12.8. The maximum Gasteiger partial charge on any atom is 0.167 e. The molecule has 0 atom stereocenters. The maximum absolute atomic E-state index is 13.8. The maximum atomic E-state index is 13.8. The fourth-order valence-electron chi connectivity index (χ4n) is 2.47. The average Bonchev–Trinajstić information content (AvgIpc) is 2.27. The van der Waals surface area contributed by atoms with E-state index in [4.69, 9.17) is 5.73 Å². The molecule has 1 aliphatic carbocycles. The summed E-state index contributed by atoms with van der Waals surface area (Å²) in [6.07, 6.45) is 3.89. The van der Waals surface area contributed by atoms with Gasteiger partial charge in [-0.15, -0.1) is 0 Å². The van der Waals surface area contributed by atoms with E-state index in [0.29, 0.717) is 12.8 Å². The van der Waals surface area contributed by atoms with Crippen LogP contribution in [-0.2, 0) is 5.54 Å². The molecule has 0 spiro atoms. The number of phenolic OH excluding ortho intramolecular Hbond substituents is 1. The number of phenols is 1. The van der Waals surface area contributed by atoms with Crippen LogP contribution in [0.1, 0.15) is 37.7 Å². The second-order valence-electron chi connectivity index (χ2n) is 4.59. The van der Waals surface area contributed by atoms with Crippen LogP contribution in [0.4, 0.5) is 8.78 Å². The van der Waals surface area contributed by atoms with Gasteiger partial charge >= 0.3 is 0 Å². The minimum absolute atomic E-state index is 0.0934. The minimum Gasteiger partial charge on any atom is -0.506 e.